The summed E-state index contributed by atoms with van der Waals surface area (Å²) in [4.78, 5) is 26.9. The molecule has 1 N–H and O–H groups in total. The average Bonchev–Trinajstić information content (AvgIpc) is 3.11. The van der Waals surface area contributed by atoms with E-state index in [4.69, 9.17) is 4.74 Å². The molecule has 5 nitrogen and oxygen atoms in total. The van der Waals surface area contributed by atoms with Crippen LogP contribution in [0.1, 0.15) is 11.8 Å². The average molecular weight is 344 g/mol. The molecule has 2 amide bonds. The second kappa shape index (κ2) is 8.88. The number of carbonyl (C=O) groups is 2. The summed E-state index contributed by atoms with van der Waals surface area (Å²) in [5, 5.41) is 4.72. The molecule has 1 heterocycles. The monoisotopic (exact) mass is 344 g/mol. The van der Waals surface area contributed by atoms with Crippen LogP contribution in [0.15, 0.2) is 47.9 Å². The highest BCUT2D eigenvalue weighted by atomic mass is 32.1. The molecule has 0 bridgehead atoms. The number of benzene rings is 1. The summed E-state index contributed by atoms with van der Waals surface area (Å²) in [6.07, 6.45) is 3.25. The van der Waals surface area contributed by atoms with E-state index in [-0.39, 0.29) is 18.4 Å². The molecule has 0 saturated carbocycles. The minimum absolute atomic E-state index is 0.0117. The van der Waals surface area contributed by atoms with Crippen molar-refractivity contribution in [1.29, 1.82) is 0 Å². The van der Waals surface area contributed by atoms with Crippen molar-refractivity contribution in [3.05, 3.63) is 52.7 Å². The minimum atomic E-state index is -0.265. The molecule has 24 heavy (non-hydrogen) atoms. The van der Waals surface area contributed by atoms with Gasteiger partial charge in [0, 0.05) is 17.5 Å². The van der Waals surface area contributed by atoms with E-state index in [1.165, 1.54) is 11.0 Å². The van der Waals surface area contributed by atoms with Gasteiger partial charge in [0.1, 0.15) is 12.3 Å². The Morgan fingerprint density at radius 2 is 2.04 bits per heavy atom. The Hall–Kier alpha value is -2.60. The lowest BCUT2D eigenvalue weighted by Crippen LogP contribution is -2.36. The van der Waals surface area contributed by atoms with Crippen molar-refractivity contribution in [2.75, 3.05) is 25.5 Å². The van der Waals surface area contributed by atoms with E-state index in [0.717, 1.165) is 4.88 Å². The molecule has 126 valence electrons. The highest BCUT2D eigenvalue weighted by Gasteiger charge is 2.14. The van der Waals surface area contributed by atoms with Gasteiger partial charge in [-0.2, -0.15) is 0 Å². The van der Waals surface area contributed by atoms with Gasteiger partial charge in [0.15, 0.2) is 0 Å². The van der Waals surface area contributed by atoms with Crippen LogP contribution in [-0.4, -0.2) is 36.9 Å². The first-order valence-corrected chi connectivity index (χ1v) is 8.45. The summed E-state index contributed by atoms with van der Waals surface area (Å²) >= 11 is 1.55. The largest absolute Gasteiger partial charge is 0.495 e. The lowest BCUT2D eigenvalue weighted by molar-refractivity contribution is -0.130. The number of ether oxygens (including phenoxy) is 1. The van der Waals surface area contributed by atoms with Gasteiger partial charge in [0.25, 0.3) is 0 Å². The summed E-state index contributed by atoms with van der Waals surface area (Å²) < 4.78 is 5.20. The number of anilines is 1. The molecule has 0 unspecified atom stereocenters. The van der Waals surface area contributed by atoms with E-state index >= 15 is 0 Å². The first-order valence-electron chi connectivity index (χ1n) is 7.57. The zero-order valence-corrected chi connectivity index (χ0v) is 14.5. The molecule has 0 atom stereocenters. The smallest absolute Gasteiger partial charge is 0.247 e. The number of para-hydroxylation sites is 2. The molecule has 0 aliphatic carbocycles. The number of carbonyl (C=O) groups excluding carboxylic acids is 2. The van der Waals surface area contributed by atoms with Crippen LogP contribution >= 0.6 is 11.3 Å². The van der Waals surface area contributed by atoms with Gasteiger partial charge in [-0.15, -0.1) is 11.3 Å². The van der Waals surface area contributed by atoms with Crippen molar-refractivity contribution in [2.24, 2.45) is 0 Å². The van der Waals surface area contributed by atoms with Gasteiger partial charge in [-0.25, -0.2) is 0 Å². The molecule has 1 aromatic heterocycles. The molecule has 1 aromatic carbocycles. The number of rotatable bonds is 7. The molecule has 0 aliphatic rings. The van der Waals surface area contributed by atoms with Gasteiger partial charge in [0.2, 0.25) is 11.8 Å². The maximum absolute atomic E-state index is 12.2. The number of nitrogens with zero attached hydrogens (tertiary/aromatic N) is 1. The molecule has 0 radical (unpaired) electrons. The molecule has 2 aromatic rings. The van der Waals surface area contributed by atoms with Gasteiger partial charge in [-0.05, 0) is 36.6 Å². The quantitative estimate of drug-likeness (QED) is 0.784. The fraction of sp³-hybridized carbons (Fsp3) is 0.222. The summed E-state index contributed by atoms with van der Waals surface area (Å²) in [6.45, 7) is 2.28. The number of likely N-dealkylation sites (N-methyl/N-ethyl adjacent to an activating group) is 1. The van der Waals surface area contributed by atoms with Crippen LogP contribution in [-0.2, 0) is 9.59 Å². The topological polar surface area (TPSA) is 58.6 Å². The van der Waals surface area contributed by atoms with E-state index in [0.29, 0.717) is 18.0 Å². The highest BCUT2D eigenvalue weighted by molar-refractivity contribution is 7.10. The van der Waals surface area contributed by atoms with Crippen molar-refractivity contribution in [3.63, 3.8) is 0 Å². The van der Waals surface area contributed by atoms with E-state index in [1.807, 2.05) is 36.6 Å². The Kier molecular flexibility index (Phi) is 6.57. The minimum Gasteiger partial charge on any atom is -0.495 e. The van der Waals surface area contributed by atoms with Crippen LogP contribution in [0.2, 0.25) is 0 Å². The number of hydrogen-bond donors (Lipinski definition) is 1. The molecule has 6 heteroatoms. The molecule has 0 aliphatic heterocycles. The van der Waals surface area contributed by atoms with Crippen LogP contribution in [0.25, 0.3) is 6.08 Å². The fourth-order valence-electron chi connectivity index (χ4n) is 2.10. The third-order valence-corrected chi connectivity index (χ3v) is 4.18. The lowest BCUT2D eigenvalue weighted by Gasteiger charge is -2.19. The Labute approximate surface area is 145 Å². The first kappa shape index (κ1) is 17.7. The Balaban J connectivity index is 1.96. The molecular weight excluding hydrogens is 324 g/mol. The van der Waals surface area contributed by atoms with Gasteiger partial charge in [-0.3, -0.25) is 9.59 Å². The maximum atomic E-state index is 12.2. The second-order valence-electron chi connectivity index (χ2n) is 4.95. The molecule has 0 spiro atoms. The van der Waals surface area contributed by atoms with Crippen molar-refractivity contribution >= 4 is 34.9 Å². The predicted octanol–water partition coefficient (Wildman–Crippen LogP) is 3.26. The standard InChI is InChI=1S/C18H20N2O3S/c1-3-20(18(22)11-10-14-7-6-12-24-14)13-17(21)19-15-8-4-5-9-16(15)23-2/h4-12H,3,13H2,1-2H3,(H,19,21). The van der Waals surface area contributed by atoms with E-state index in [2.05, 4.69) is 5.32 Å². The van der Waals surface area contributed by atoms with Crippen molar-refractivity contribution < 1.29 is 14.3 Å². The van der Waals surface area contributed by atoms with Gasteiger partial charge in [-0.1, -0.05) is 18.2 Å². The highest BCUT2D eigenvalue weighted by Crippen LogP contribution is 2.22. The zero-order valence-electron chi connectivity index (χ0n) is 13.7. The molecule has 0 saturated heterocycles. The predicted molar refractivity (Wildman–Crippen MR) is 97.2 cm³/mol. The Morgan fingerprint density at radius 3 is 2.71 bits per heavy atom. The van der Waals surface area contributed by atoms with Gasteiger partial charge >= 0.3 is 0 Å². The van der Waals surface area contributed by atoms with Crippen molar-refractivity contribution in [3.8, 4) is 5.75 Å². The lowest BCUT2D eigenvalue weighted by atomic mass is 10.3. The van der Waals surface area contributed by atoms with Crippen LogP contribution in [0.5, 0.6) is 5.75 Å². The fourth-order valence-corrected chi connectivity index (χ4v) is 2.72. The van der Waals surface area contributed by atoms with Crippen LogP contribution in [0, 0.1) is 0 Å². The van der Waals surface area contributed by atoms with E-state index < -0.39 is 0 Å². The first-order chi connectivity index (χ1) is 11.6. The zero-order chi connectivity index (χ0) is 17.4. The number of hydrogen-bond acceptors (Lipinski definition) is 4. The number of methoxy groups -OCH3 is 1. The second-order valence-corrected chi connectivity index (χ2v) is 5.93. The van der Waals surface area contributed by atoms with Crippen LogP contribution in [0.4, 0.5) is 5.69 Å². The Bertz CT molecular complexity index is 711. The summed E-state index contributed by atoms with van der Waals surface area (Å²) in [5.74, 6) is 0.123. The maximum Gasteiger partial charge on any atom is 0.247 e. The van der Waals surface area contributed by atoms with Gasteiger partial charge < -0.3 is 15.0 Å². The van der Waals surface area contributed by atoms with Crippen LogP contribution in [0.3, 0.4) is 0 Å². The third kappa shape index (κ3) is 4.96. The van der Waals surface area contributed by atoms with Crippen molar-refractivity contribution in [2.45, 2.75) is 6.92 Å². The molecule has 0 fully saturated rings. The van der Waals surface area contributed by atoms with Crippen LogP contribution < -0.4 is 10.1 Å². The Morgan fingerprint density at radius 1 is 1.25 bits per heavy atom. The van der Waals surface area contributed by atoms with Crippen molar-refractivity contribution in [1.82, 2.24) is 4.90 Å². The normalized spacial score (nSPS) is 10.6. The summed E-state index contributed by atoms with van der Waals surface area (Å²) in [6, 6.07) is 11.0. The SMILES string of the molecule is CCN(CC(=O)Nc1ccccc1OC)C(=O)C=Cc1cccs1. The molecular formula is C18H20N2O3S. The van der Waals surface area contributed by atoms with E-state index in [1.54, 1.807) is 36.7 Å². The van der Waals surface area contributed by atoms with Gasteiger partial charge in [0.05, 0.1) is 12.8 Å². The molecule has 2 rings (SSSR count). The van der Waals surface area contributed by atoms with E-state index in [9.17, 15) is 9.59 Å². The number of thiophene rings is 1. The number of amides is 2. The third-order valence-electron chi connectivity index (χ3n) is 3.34. The summed E-state index contributed by atoms with van der Waals surface area (Å²) in [5.41, 5.74) is 0.586. The summed E-state index contributed by atoms with van der Waals surface area (Å²) in [7, 11) is 1.54. The number of nitrogens with one attached hydrogen (secondary N) is 1.